The molecule has 0 saturated carbocycles. The SMILES string of the molecule is Cc1cc(N2CCC(C(=O)NCCCc3ccccc3)CC2)n2nc(-c3ccc(Cl)cc3)cc2n1. The Labute approximate surface area is 210 Å². The van der Waals surface area contributed by atoms with Gasteiger partial charge in [-0.15, -0.1) is 0 Å². The van der Waals surface area contributed by atoms with Gasteiger partial charge in [0.2, 0.25) is 5.91 Å². The lowest BCUT2D eigenvalue weighted by Gasteiger charge is -2.33. The van der Waals surface area contributed by atoms with E-state index in [0.717, 1.165) is 73.7 Å². The maximum absolute atomic E-state index is 12.7. The van der Waals surface area contributed by atoms with Crippen molar-refractivity contribution < 1.29 is 4.79 Å². The van der Waals surface area contributed by atoms with E-state index in [4.69, 9.17) is 16.7 Å². The number of nitrogens with one attached hydrogen (secondary N) is 1. The number of halogens is 1. The minimum absolute atomic E-state index is 0.0589. The Balaban J connectivity index is 1.21. The second kappa shape index (κ2) is 10.5. The third-order valence-electron chi connectivity index (χ3n) is 6.65. The second-order valence-corrected chi connectivity index (χ2v) is 9.64. The van der Waals surface area contributed by atoms with E-state index in [1.165, 1.54) is 5.56 Å². The zero-order valence-electron chi connectivity index (χ0n) is 20.0. The van der Waals surface area contributed by atoms with Crippen molar-refractivity contribution in [1.29, 1.82) is 0 Å². The fourth-order valence-electron chi connectivity index (χ4n) is 4.73. The number of hydrogen-bond acceptors (Lipinski definition) is 4. The molecule has 2 aromatic heterocycles. The van der Waals surface area contributed by atoms with Crippen LogP contribution in [0.5, 0.6) is 0 Å². The van der Waals surface area contributed by atoms with E-state index >= 15 is 0 Å². The average molecular weight is 488 g/mol. The van der Waals surface area contributed by atoms with Crippen LogP contribution in [0.15, 0.2) is 66.7 Å². The number of nitrogens with zero attached hydrogens (tertiary/aromatic N) is 4. The number of hydrogen-bond donors (Lipinski definition) is 1. The molecule has 1 N–H and O–H groups in total. The van der Waals surface area contributed by atoms with Crippen LogP contribution in [0.2, 0.25) is 5.02 Å². The average Bonchev–Trinajstić information content (AvgIpc) is 3.31. The molecule has 5 rings (SSSR count). The summed E-state index contributed by atoms with van der Waals surface area (Å²) >= 11 is 6.05. The fourth-order valence-corrected chi connectivity index (χ4v) is 4.86. The van der Waals surface area contributed by atoms with Crippen molar-refractivity contribution in [3.05, 3.63) is 83.0 Å². The highest BCUT2D eigenvalue weighted by Gasteiger charge is 2.26. The van der Waals surface area contributed by atoms with Crippen LogP contribution in [-0.4, -0.2) is 40.1 Å². The number of carbonyl (C=O) groups is 1. The molecule has 3 heterocycles. The maximum Gasteiger partial charge on any atom is 0.223 e. The number of piperidine rings is 1. The smallest absolute Gasteiger partial charge is 0.223 e. The molecule has 7 heteroatoms. The van der Waals surface area contributed by atoms with E-state index in [2.05, 4.69) is 45.5 Å². The van der Waals surface area contributed by atoms with Gasteiger partial charge < -0.3 is 10.2 Å². The molecule has 0 atom stereocenters. The van der Waals surface area contributed by atoms with Crippen LogP contribution in [0.3, 0.4) is 0 Å². The monoisotopic (exact) mass is 487 g/mol. The highest BCUT2D eigenvalue weighted by Crippen LogP contribution is 2.27. The van der Waals surface area contributed by atoms with Crippen molar-refractivity contribution >= 4 is 29.0 Å². The van der Waals surface area contributed by atoms with Crippen LogP contribution in [0.4, 0.5) is 5.82 Å². The lowest BCUT2D eigenvalue weighted by Crippen LogP contribution is -2.41. The van der Waals surface area contributed by atoms with Gasteiger partial charge in [0, 0.05) is 54.0 Å². The van der Waals surface area contributed by atoms with Gasteiger partial charge >= 0.3 is 0 Å². The molecular weight excluding hydrogens is 458 g/mol. The van der Waals surface area contributed by atoms with Gasteiger partial charge in [0.25, 0.3) is 0 Å². The van der Waals surface area contributed by atoms with Crippen molar-refractivity contribution in [1.82, 2.24) is 19.9 Å². The summed E-state index contributed by atoms with van der Waals surface area (Å²) in [6.07, 6.45) is 3.61. The fraction of sp³-hybridized carbons (Fsp3) is 0.321. The Morgan fingerprint density at radius 2 is 1.80 bits per heavy atom. The maximum atomic E-state index is 12.7. The molecule has 1 aliphatic heterocycles. The zero-order valence-corrected chi connectivity index (χ0v) is 20.7. The van der Waals surface area contributed by atoms with Crippen molar-refractivity contribution in [3.8, 4) is 11.3 Å². The van der Waals surface area contributed by atoms with Crippen molar-refractivity contribution in [2.75, 3.05) is 24.5 Å². The minimum atomic E-state index is 0.0589. The molecule has 0 radical (unpaired) electrons. The molecular formula is C28H30ClN5O. The lowest BCUT2D eigenvalue weighted by molar-refractivity contribution is -0.125. The van der Waals surface area contributed by atoms with E-state index in [9.17, 15) is 4.79 Å². The summed E-state index contributed by atoms with van der Waals surface area (Å²) in [7, 11) is 0. The van der Waals surface area contributed by atoms with Gasteiger partial charge in [-0.3, -0.25) is 4.79 Å². The summed E-state index contributed by atoms with van der Waals surface area (Å²) in [5.74, 6) is 1.26. The number of carbonyl (C=O) groups excluding carboxylic acids is 1. The molecule has 0 bridgehead atoms. The molecule has 1 aliphatic rings. The van der Waals surface area contributed by atoms with Crippen LogP contribution >= 0.6 is 11.6 Å². The summed E-state index contributed by atoms with van der Waals surface area (Å²) < 4.78 is 1.92. The number of aromatic nitrogens is 3. The normalized spacial score (nSPS) is 14.4. The van der Waals surface area contributed by atoms with Crippen molar-refractivity contribution in [2.24, 2.45) is 5.92 Å². The van der Waals surface area contributed by atoms with Gasteiger partial charge in [-0.1, -0.05) is 54.1 Å². The predicted molar refractivity (Wildman–Crippen MR) is 141 cm³/mol. The summed E-state index contributed by atoms with van der Waals surface area (Å²) in [6, 6.07) is 22.2. The number of benzene rings is 2. The van der Waals surface area contributed by atoms with Gasteiger partial charge in [-0.25, -0.2) is 4.98 Å². The number of fused-ring (bicyclic) bond motifs is 1. The van der Waals surface area contributed by atoms with Crippen LogP contribution in [0.1, 0.15) is 30.5 Å². The number of anilines is 1. The van der Waals surface area contributed by atoms with E-state index < -0.39 is 0 Å². The Hall–Kier alpha value is -3.38. The van der Waals surface area contributed by atoms with Crippen molar-refractivity contribution in [2.45, 2.75) is 32.6 Å². The summed E-state index contributed by atoms with van der Waals surface area (Å²) in [5.41, 5.74) is 4.96. The molecule has 35 heavy (non-hydrogen) atoms. The molecule has 0 unspecified atom stereocenters. The van der Waals surface area contributed by atoms with Crippen LogP contribution in [-0.2, 0) is 11.2 Å². The number of rotatable bonds is 7. The van der Waals surface area contributed by atoms with Gasteiger partial charge in [-0.05, 0) is 50.3 Å². The van der Waals surface area contributed by atoms with Crippen LogP contribution in [0, 0.1) is 12.8 Å². The first kappa shape index (κ1) is 23.4. The Bertz CT molecular complexity index is 1290. The molecule has 180 valence electrons. The summed E-state index contributed by atoms with van der Waals surface area (Å²) in [4.78, 5) is 19.7. The molecule has 1 fully saturated rings. The Kier molecular flexibility index (Phi) is 7.00. The lowest BCUT2D eigenvalue weighted by atomic mass is 9.96. The zero-order chi connectivity index (χ0) is 24.2. The first-order valence-electron chi connectivity index (χ1n) is 12.3. The highest BCUT2D eigenvalue weighted by atomic mass is 35.5. The quantitative estimate of drug-likeness (QED) is 0.358. The first-order chi connectivity index (χ1) is 17.1. The van der Waals surface area contributed by atoms with E-state index in [1.54, 1.807) is 0 Å². The molecule has 0 spiro atoms. The van der Waals surface area contributed by atoms with Gasteiger partial charge in [0.1, 0.15) is 5.82 Å². The highest BCUT2D eigenvalue weighted by molar-refractivity contribution is 6.30. The Morgan fingerprint density at radius 1 is 1.06 bits per heavy atom. The first-order valence-corrected chi connectivity index (χ1v) is 12.6. The molecule has 0 aliphatic carbocycles. The minimum Gasteiger partial charge on any atom is -0.356 e. The summed E-state index contributed by atoms with van der Waals surface area (Å²) in [5, 5.41) is 8.70. The molecule has 4 aromatic rings. The van der Waals surface area contributed by atoms with Crippen LogP contribution in [0.25, 0.3) is 16.9 Å². The molecule has 6 nitrogen and oxygen atoms in total. The second-order valence-electron chi connectivity index (χ2n) is 9.20. The standard InChI is InChI=1S/C28H30ClN5O/c1-20-18-27(34-26(31-20)19-25(32-34)22-9-11-24(29)12-10-22)33-16-13-23(14-17-33)28(35)30-15-5-8-21-6-3-2-4-7-21/h2-4,6-7,9-12,18-19,23H,5,8,13-17H2,1H3,(H,30,35). The summed E-state index contributed by atoms with van der Waals surface area (Å²) in [6.45, 7) is 4.36. The third kappa shape index (κ3) is 5.49. The van der Waals surface area contributed by atoms with Gasteiger partial charge in [0.05, 0.1) is 5.69 Å². The topological polar surface area (TPSA) is 62.5 Å². The molecule has 2 aromatic carbocycles. The van der Waals surface area contributed by atoms with Gasteiger partial charge in [0.15, 0.2) is 5.65 Å². The van der Waals surface area contributed by atoms with E-state index in [1.807, 2.05) is 47.8 Å². The van der Waals surface area contributed by atoms with Crippen LogP contribution < -0.4 is 10.2 Å². The van der Waals surface area contributed by atoms with Crippen molar-refractivity contribution in [3.63, 3.8) is 0 Å². The molecule has 1 saturated heterocycles. The largest absolute Gasteiger partial charge is 0.356 e. The number of aryl methyl sites for hydroxylation is 2. The third-order valence-corrected chi connectivity index (χ3v) is 6.90. The van der Waals surface area contributed by atoms with Gasteiger partial charge in [-0.2, -0.15) is 9.61 Å². The van der Waals surface area contributed by atoms with E-state index in [-0.39, 0.29) is 11.8 Å². The van der Waals surface area contributed by atoms with E-state index in [0.29, 0.717) is 5.02 Å². The Morgan fingerprint density at radius 3 is 2.54 bits per heavy atom. The predicted octanol–water partition coefficient (Wildman–Crippen LogP) is 5.32. The number of amides is 1. The molecule has 1 amide bonds.